The van der Waals surface area contributed by atoms with Crippen molar-refractivity contribution < 1.29 is 19.8 Å². The first kappa shape index (κ1) is 15.2. The molecule has 19 heavy (non-hydrogen) atoms. The lowest BCUT2D eigenvalue weighted by atomic mass is 10.1. The van der Waals surface area contributed by atoms with E-state index in [0.29, 0.717) is 6.54 Å². The second-order valence-corrected chi connectivity index (χ2v) is 4.54. The third-order valence-corrected chi connectivity index (χ3v) is 3.05. The summed E-state index contributed by atoms with van der Waals surface area (Å²) in [5, 5.41) is 17.8. The van der Waals surface area contributed by atoms with E-state index in [0.717, 1.165) is 12.0 Å². The molecule has 1 aromatic carbocycles. The smallest absolute Gasteiger partial charge is 0.321 e. The number of rotatable bonds is 7. The van der Waals surface area contributed by atoms with Crippen molar-refractivity contribution in [2.75, 3.05) is 7.05 Å². The number of hydrogen-bond acceptors (Lipinski definition) is 3. The Morgan fingerprint density at radius 1 is 1.16 bits per heavy atom. The summed E-state index contributed by atoms with van der Waals surface area (Å²) in [5.74, 6) is -2.23. The van der Waals surface area contributed by atoms with Crippen LogP contribution < -0.4 is 0 Å². The number of likely N-dealkylation sites (N-methyl/N-ethyl adjacent to an activating group) is 1. The van der Waals surface area contributed by atoms with Crippen LogP contribution in [0, 0.1) is 0 Å². The molecule has 0 aliphatic carbocycles. The number of carboxylic acid groups (broad SMARTS) is 2. The van der Waals surface area contributed by atoms with E-state index in [-0.39, 0.29) is 0 Å². The maximum atomic E-state index is 11.1. The predicted molar refractivity (Wildman–Crippen MR) is 71.0 cm³/mol. The van der Waals surface area contributed by atoms with Crippen molar-refractivity contribution in [2.24, 2.45) is 0 Å². The molecule has 0 amide bonds. The van der Waals surface area contributed by atoms with Crippen LogP contribution in [0.3, 0.4) is 0 Å². The summed E-state index contributed by atoms with van der Waals surface area (Å²) < 4.78 is 0. The highest BCUT2D eigenvalue weighted by molar-refractivity contribution is 5.80. The highest BCUT2D eigenvalue weighted by Gasteiger charge is 2.25. The molecular formula is C14H19NO4. The van der Waals surface area contributed by atoms with Crippen LogP contribution in [-0.2, 0) is 22.6 Å². The van der Waals surface area contributed by atoms with Crippen molar-refractivity contribution in [3.63, 3.8) is 0 Å². The molecule has 0 spiro atoms. The van der Waals surface area contributed by atoms with Crippen LogP contribution in [0.25, 0.3) is 0 Å². The van der Waals surface area contributed by atoms with Crippen LogP contribution in [0.4, 0.5) is 0 Å². The Balaban J connectivity index is 2.71. The van der Waals surface area contributed by atoms with Crippen molar-refractivity contribution in [1.29, 1.82) is 0 Å². The van der Waals surface area contributed by atoms with Crippen molar-refractivity contribution in [3.05, 3.63) is 35.4 Å². The van der Waals surface area contributed by atoms with Gasteiger partial charge in [-0.2, -0.15) is 0 Å². The van der Waals surface area contributed by atoms with Gasteiger partial charge in [0.05, 0.1) is 6.42 Å². The third-order valence-electron chi connectivity index (χ3n) is 3.05. The fraction of sp³-hybridized carbons (Fsp3) is 0.429. The number of benzene rings is 1. The number of hydrogen-bond donors (Lipinski definition) is 2. The lowest BCUT2D eigenvalue weighted by Crippen LogP contribution is -2.39. The van der Waals surface area contributed by atoms with Gasteiger partial charge < -0.3 is 10.2 Å². The fourth-order valence-corrected chi connectivity index (χ4v) is 1.88. The second-order valence-electron chi connectivity index (χ2n) is 4.54. The molecule has 5 nitrogen and oxygen atoms in total. The first-order valence-electron chi connectivity index (χ1n) is 6.16. The van der Waals surface area contributed by atoms with E-state index in [1.807, 2.05) is 24.3 Å². The molecule has 2 N–H and O–H groups in total. The van der Waals surface area contributed by atoms with E-state index in [2.05, 4.69) is 6.92 Å². The maximum Gasteiger partial charge on any atom is 0.321 e. The van der Waals surface area contributed by atoms with Gasteiger partial charge in [-0.05, 0) is 24.6 Å². The van der Waals surface area contributed by atoms with Crippen LogP contribution in [0.5, 0.6) is 0 Å². The van der Waals surface area contributed by atoms with Crippen molar-refractivity contribution in [2.45, 2.75) is 32.4 Å². The SMILES string of the molecule is CCc1ccc(CN(C)C(CC(=O)O)C(=O)O)cc1. The largest absolute Gasteiger partial charge is 0.481 e. The minimum atomic E-state index is -1.12. The zero-order valence-corrected chi connectivity index (χ0v) is 11.2. The first-order valence-corrected chi connectivity index (χ1v) is 6.16. The van der Waals surface area contributed by atoms with Gasteiger partial charge in [-0.15, -0.1) is 0 Å². The zero-order chi connectivity index (χ0) is 14.4. The zero-order valence-electron chi connectivity index (χ0n) is 11.2. The fourth-order valence-electron chi connectivity index (χ4n) is 1.88. The third kappa shape index (κ3) is 4.71. The molecule has 1 unspecified atom stereocenters. The summed E-state index contributed by atoms with van der Waals surface area (Å²) >= 11 is 0. The van der Waals surface area contributed by atoms with Gasteiger partial charge in [0, 0.05) is 6.54 Å². The Hall–Kier alpha value is -1.88. The van der Waals surface area contributed by atoms with Gasteiger partial charge in [0.25, 0.3) is 0 Å². The van der Waals surface area contributed by atoms with Crippen LogP contribution >= 0.6 is 0 Å². The topological polar surface area (TPSA) is 77.8 Å². The molecule has 0 bridgehead atoms. The van der Waals surface area contributed by atoms with Crippen LogP contribution in [0.15, 0.2) is 24.3 Å². The summed E-state index contributed by atoms with van der Waals surface area (Å²) in [6, 6.07) is 6.86. The van der Waals surface area contributed by atoms with E-state index in [9.17, 15) is 9.59 Å². The lowest BCUT2D eigenvalue weighted by Gasteiger charge is -2.23. The Morgan fingerprint density at radius 2 is 1.68 bits per heavy atom. The number of nitrogens with zero attached hydrogens (tertiary/aromatic N) is 1. The average molecular weight is 265 g/mol. The molecule has 0 radical (unpaired) electrons. The van der Waals surface area contributed by atoms with Gasteiger partial charge >= 0.3 is 11.9 Å². The van der Waals surface area contributed by atoms with E-state index in [4.69, 9.17) is 10.2 Å². The molecule has 0 saturated heterocycles. The quantitative estimate of drug-likeness (QED) is 0.783. The van der Waals surface area contributed by atoms with E-state index < -0.39 is 24.4 Å². The molecule has 0 heterocycles. The monoisotopic (exact) mass is 265 g/mol. The summed E-state index contributed by atoms with van der Waals surface area (Å²) in [5.41, 5.74) is 2.18. The average Bonchev–Trinajstić information content (AvgIpc) is 2.36. The molecule has 0 aromatic heterocycles. The van der Waals surface area contributed by atoms with E-state index in [1.165, 1.54) is 10.5 Å². The van der Waals surface area contributed by atoms with Gasteiger partial charge in [-0.1, -0.05) is 31.2 Å². The Kier molecular flexibility index (Phi) is 5.51. The van der Waals surface area contributed by atoms with Gasteiger partial charge in [0.2, 0.25) is 0 Å². The molecule has 1 atom stereocenters. The highest BCUT2D eigenvalue weighted by atomic mass is 16.4. The number of carbonyl (C=O) groups is 2. The Bertz CT molecular complexity index is 441. The molecule has 0 saturated carbocycles. The van der Waals surface area contributed by atoms with Crippen LogP contribution in [0.2, 0.25) is 0 Å². The van der Waals surface area contributed by atoms with E-state index in [1.54, 1.807) is 7.05 Å². The minimum Gasteiger partial charge on any atom is -0.481 e. The normalized spacial score (nSPS) is 12.4. The van der Waals surface area contributed by atoms with Crippen LogP contribution in [-0.4, -0.2) is 40.1 Å². The van der Waals surface area contributed by atoms with Gasteiger partial charge in [0.1, 0.15) is 6.04 Å². The van der Waals surface area contributed by atoms with Gasteiger partial charge in [-0.3, -0.25) is 14.5 Å². The summed E-state index contributed by atoms with van der Waals surface area (Å²) in [4.78, 5) is 23.3. The van der Waals surface area contributed by atoms with E-state index >= 15 is 0 Å². The molecule has 0 aliphatic heterocycles. The number of aliphatic carboxylic acids is 2. The summed E-state index contributed by atoms with van der Waals surface area (Å²) in [6.45, 7) is 2.47. The summed E-state index contributed by atoms with van der Waals surface area (Å²) in [6.07, 6.45) is 0.547. The van der Waals surface area contributed by atoms with Crippen molar-refractivity contribution in [3.8, 4) is 0 Å². The summed E-state index contributed by atoms with van der Waals surface area (Å²) in [7, 11) is 1.62. The molecule has 5 heteroatoms. The Labute approximate surface area is 112 Å². The first-order chi connectivity index (χ1) is 8.93. The molecule has 1 rings (SSSR count). The van der Waals surface area contributed by atoms with Gasteiger partial charge in [0.15, 0.2) is 0 Å². The molecule has 0 aliphatic rings. The molecule has 104 valence electrons. The Morgan fingerprint density at radius 3 is 2.11 bits per heavy atom. The second kappa shape index (κ2) is 6.89. The minimum absolute atomic E-state index is 0.404. The molecular weight excluding hydrogens is 246 g/mol. The molecule has 1 aromatic rings. The number of aryl methyl sites for hydroxylation is 1. The number of carboxylic acids is 2. The predicted octanol–water partition coefficient (Wildman–Crippen LogP) is 1.61. The van der Waals surface area contributed by atoms with Crippen LogP contribution in [0.1, 0.15) is 24.5 Å². The maximum absolute atomic E-state index is 11.1. The highest BCUT2D eigenvalue weighted by Crippen LogP contribution is 2.11. The molecule has 0 fully saturated rings. The standard InChI is InChI=1S/C14H19NO4/c1-3-10-4-6-11(7-5-10)9-15(2)12(14(18)19)8-13(16)17/h4-7,12H,3,8-9H2,1-2H3,(H,16,17)(H,18,19). The lowest BCUT2D eigenvalue weighted by molar-refractivity contribution is -0.149. The van der Waals surface area contributed by atoms with Gasteiger partial charge in [-0.25, -0.2) is 0 Å². The van der Waals surface area contributed by atoms with Crippen molar-refractivity contribution >= 4 is 11.9 Å². The van der Waals surface area contributed by atoms with Crippen molar-refractivity contribution in [1.82, 2.24) is 4.90 Å².